The molecule has 0 bridgehead atoms. The summed E-state index contributed by atoms with van der Waals surface area (Å²) in [5.74, 6) is 0.627. The first-order valence-corrected chi connectivity index (χ1v) is 11.2. The molecule has 2 aromatic heterocycles. The molecular formula is C22H23FN4O2S. The van der Waals surface area contributed by atoms with Gasteiger partial charge in [0.2, 0.25) is 0 Å². The minimum Gasteiger partial charge on any atom is -0.338 e. The number of nitrogens with zero attached hydrogens (tertiary/aromatic N) is 3. The molecule has 30 heavy (non-hydrogen) atoms. The second-order valence-electron chi connectivity index (χ2n) is 8.28. The quantitative estimate of drug-likeness (QED) is 0.625. The van der Waals surface area contributed by atoms with Gasteiger partial charge in [-0.05, 0) is 37.7 Å². The number of alkyl halides is 1. The number of H-pyrrole nitrogens is 1. The summed E-state index contributed by atoms with van der Waals surface area (Å²) >= 11 is 1.32. The molecule has 8 heteroatoms. The van der Waals surface area contributed by atoms with Gasteiger partial charge in [0.25, 0.3) is 5.56 Å². The Morgan fingerprint density at radius 3 is 2.80 bits per heavy atom. The Morgan fingerprint density at radius 2 is 2.07 bits per heavy atom. The van der Waals surface area contributed by atoms with E-state index < -0.39 is 12.1 Å². The van der Waals surface area contributed by atoms with Crippen molar-refractivity contribution in [1.29, 1.82) is 0 Å². The number of nitrogens with one attached hydrogen (secondary N) is 1. The Balaban J connectivity index is 1.38. The molecule has 1 aliphatic heterocycles. The topological polar surface area (TPSA) is 79.0 Å². The number of benzene rings is 1. The predicted molar refractivity (Wildman–Crippen MR) is 115 cm³/mol. The number of carbonyl (C=O) groups excluding carboxylic acids is 1. The van der Waals surface area contributed by atoms with Gasteiger partial charge in [0.15, 0.2) is 21.3 Å². The van der Waals surface area contributed by atoms with E-state index in [1.54, 1.807) is 0 Å². The van der Waals surface area contributed by atoms with E-state index in [4.69, 9.17) is 0 Å². The summed E-state index contributed by atoms with van der Waals surface area (Å²) in [6, 6.07) is 9.79. The molecule has 156 valence electrons. The van der Waals surface area contributed by atoms with Crippen molar-refractivity contribution in [2.45, 2.75) is 50.0 Å². The summed E-state index contributed by atoms with van der Waals surface area (Å²) in [5.41, 5.74) is 0.473. The molecule has 1 saturated carbocycles. The third-order valence-electron chi connectivity index (χ3n) is 6.24. The number of Topliss-reactive ketones (excluding diaryl/α,β-unsaturated/α-hetero) is 1. The normalized spacial score (nSPS) is 20.0. The third-order valence-corrected chi connectivity index (χ3v) is 7.23. The number of carbonyl (C=O) groups is 1. The Kier molecular flexibility index (Phi) is 4.89. The highest BCUT2D eigenvalue weighted by Gasteiger charge is 2.47. The van der Waals surface area contributed by atoms with E-state index in [-0.39, 0.29) is 22.9 Å². The molecule has 1 saturated heterocycles. The average molecular weight is 427 g/mol. The van der Waals surface area contributed by atoms with Crippen molar-refractivity contribution < 1.29 is 9.18 Å². The fraction of sp³-hybridized carbons (Fsp3) is 0.455. The highest BCUT2D eigenvalue weighted by atomic mass is 32.1. The molecule has 5 rings (SSSR count). The number of thiazole rings is 1. The smallest absolute Gasteiger partial charge is 0.278 e. The van der Waals surface area contributed by atoms with Gasteiger partial charge in [0.05, 0.1) is 11.5 Å². The molecule has 1 N–H and O–H groups in total. The van der Waals surface area contributed by atoms with E-state index >= 15 is 0 Å². The zero-order valence-corrected chi connectivity index (χ0v) is 17.4. The molecule has 3 aromatic rings. The number of ketones is 1. The Bertz CT molecular complexity index is 1140. The number of rotatable bonds is 7. The van der Waals surface area contributed by atoms with E-state index in [0.717, 1.165) is 31.4 Å². The van der Waals surface area contributed by atoms with Crippen LogP contribution in [0.1, 0.15) is 43.5 Å². The van der Waals surface area contributed by atoms with Crippen LogP contribution in [-0.4, -0.2) is 40.0 Å². The molecule has 6 nitrogen and oxygen atoms in total. The largest absolute Gasteiger partial charge is 0.338 e. The van der Waals surface area contributed by atoms with Gasteiger partial charge in [-0.25, -0.2) is 14.4 Å². The molecule has 1 atom stereocenters. The molecular weight excluding hydrogens is 403 g/mol. The van der Waals surface area contributed by atoms with Crippen LogP contribution in [0.4, 0.5) is 9.52 Å². The van der Waals surface area contributed by atoms with Gasteiger partial charge < -0.3 is 9.88 Å². The minimum absolute atomic E-state index is 0.201. The highest BCUT2D eigenvalue weighted by Crippen LogP contribution is 2.47. The van der Waals surface area contributed by atoms with E-state index in [0.29, 0.717) is 35.0 Å². The molecule has 3 heterocycles. The van der Waals surface area contributed by atoms with E-state index in [9.17, 15) is 14.0 Å². The first-order valence-electron chi connectivity index (χ1n) is 10.4. The number of aromatic amines is 1. The molecule has 2 aliphatic rings. The minimum atomic E-state index is -0.624. The van der Waals surface area contributed by atoms with Crippen molar-refractivity contribution in [3.8, 4) is 0 Å². The number of hydrogen-bond donors (Lipinski definition) is 1. The number of aryl methyl sites for hydroxylation is 1. The molecule has 0 unspecified atom stereocenters. The standard InChI is InChI=1S/C22H23FN4O2S/c23-13-22(10-11-22)20-25-18(29)17-19(26-20)30-21(24-17)27-12-4-7-15(27)16(28)9-8-14-5-2-1-3-6-14/h1-3,5-6,15H,4,7-13H2,(H,25,26,29)/t15-/m1/s1. The van der Waals surface area contributed by atoms with Gasteiger partial charge >= 0.3 is 0 Å². The summed E-state index contributed by atoms with van der Waals surface area (Å²) < 4.78 is 13.4. The SMILES string of the molecule is O=C(CCc1ccccc1)[C@H]1CCCN1c1nc2c(=O)[nH]c(C3(CF)CC3)nc2s1. The van der Waals surface area contributed by atoms with Crippen LogP contribution in [0.2, 0.25) is 0 Å². The van der Waals surface area contributed by atoms with Crippen LogP contribution in [0.15, 0.2) is 35.1 Å². The predicted octanol–water partition coefficient (Wildman–Crippen LogP) is 3.55. The van der Waals surface area contributed by atoms with Gasteiger partial charge in [-0.1, -0.05) is 41.7 Å². The van der Waals surface area contributed by atoms with Crippen molar-refractivity contribution in [3.63, 3.8) is 0 Å². The number of hydrogen-bond acceptors (Lipinski definition) is 6. The second kappa shape index (κ2) is 7.58. The molecule has 2 fully saturated rings. The number of fused-ring (bicyclic) bond motifs is 1. The maximum absolute atomic E-state index is 13.4. The lowest BCUT2D eigenvalue weighted by Crippen LogP contribution is -2.36. The zero-order valence-electron chi connectivity index (χ0n) is 16.6. The summed E-state index contributed by atoms with van der Waals surface area (Å²) in [7, 11) is 0. The summed E-state index contributed by atoms with van der Waals surface area (Å²) in [6.45, 7) is 0.220. The lowest BCUT2D eigenvalue weighted by molar-refractivity contribution is -0.120. The van der Waals surface area contributed by atoms with Crippen LogP contribution < -0.4 is 10.5 Å². The first-order chi connectivity index (χ1) is 14.6. The van der Waals surface area contributed by atoms with Crippen LogP contribution in [0.5, 0.6) is 0 Å². The fourth-order valence-corrected chi connectivity index (χ4v) is 5.21. The third kappa shape index (κ3) is 3.43. The number of halogens is 1. The molecule has 1 aromatic carbocycles. The molecule has 0 radical (unpaired) electrons. The highest BCUT2D eigenvalue weighted by molar-refractivity contribution is 7.21. The lowest BCUT2D eigenvalue weighted by atomic mass is 10.0. The summed E-state index contributed by atoms with van der Waals surface area (Å²) in [5, 5.41) is 0.654. The monoisotopic (exact) mass is 426 g/mol. The second-order valence-corrected chi connectivity index (χ2v) is 9.24. The van der Waals surface area contributed by atoms with Crippen LogP contribution in [0.3, 0.4) is 0 Å². The molecule has 1 aliphatic carbocycles. The lowest BCUT2D eigenvalue weighted by Gasteiger charge is -2.22. The van der Waals surface area contributed by atoms with Crippen LogP contribution in [0, 0.1) is 0 Å². The number of aromatic nitrogens is 3. The van der Waals surface area contributed by atoms with Crippen LogP contribution in [-0.2, 0) is 16.6 Å². The van der Waals surface area contributed by atoms with E-state index in [1.165, 1.54) is 11.3 Å². The van der Waals surface area contributed by atoms with Crippen molar-refractivity contribution in [3.05, 3.63) is 52.1 Å². The Morgan fingerprint density at radius 1 is 1.27 bits per heavy atom. The van der Waals surface area contributed by atoms with Gasteiger partial charge in [0.1, 0.15) is 12.5 Å². The van der Waals surface area contributed by atoms with Gasteiger partial charge in [-0.15, -0.1) is 0 Å². The first kappa shape index (κ1) is 19.4. The maximum Gasteiger partial charge on any atom is 0.278 e. The number of anilines is 1. The summed E-state index contributed by atoms with van der Waals surface area (Å²) in [4.78, 5) is 39.8. The molecule has 0 spiro atoms. The van der Waals surface area contributed by atoms with E-state index in [1.807, 2.05) is 35.2 Å². The fourth-order valence-electron chi connectivity index (χ4n) is 4.19. The van der Waals surface area contributed by atoms with E-state index in [2.05, 4.69) is 15.0 Å². The Labute approximate surface area is 177 Å². The average Bonchev–Trinajstić information content (AvgIpc) is 3.20. The van der Waals surface area contributed by atoms with Crippen molar-refractivity contribution in [1.82, 2.24) is 15.0 Å². The van der Waals surface area contributed by atoms with Crippen molar-refractivity contribution >= 4 is 32.6 Å². The van der Waals surface area contributed by atoms with Gasteiger partial charge in [0, 0.05) is 13.0 Å². The molecule has 0 amide bonds. The van der Waals surface area contributed by atoms with Gasteiger partial charge in [-0.2, -0.15) is 0 Å². The Hall–Kier alpha value is -2.61. The zero-order chi connectivity index (χ0) is 20.7. The maximum atomic E-state index is 13.4. The van der Waals surface area contributed by atoms with Crippen LogP contribution >= 0.6 is 11.3 Å². The van der Waals surface area contributed by atoms with Crippen LogP contribution in [0.25, 0.3) is 10.3 Å². The van der Waals surface area contributed by atoms with Crippen molar-refractivity contribution in [2.24, 2.45) is 0 Å². The van der Waals surface area contributed by atoms with Crippen molar-refractivity contribution in [2.75, 3.05) is 18.1 Å². The summed E-state index contributed by atoms with van der Waals surface area (Å²) in [6.07, 6.45) is 4.32. The van der Waals surface area contributed by atoms with Gasteiger partial charge in [-0.3, -0.25) is 9.59 Å².